The molecule has 5 rings (SSSR count). The molecule has 2 heterocycles. The van der Waals surface area contributed by atoms with Crippen molar-refractivity contribution in [3.05, 3.63) is 46.5 Å². The molecule has 3 aliphatic rings. The number of thiazole rings is 1. The minimum Gasteiger partial charge on any atom is -0.347 e. The summed E-state index contributed by atoms with van der Waals surface area (Å²) < 4.78 is 37.1. The average molecular weight is 517 g/mol. The zero-order valence-corrected chi connectivity index (χ0v) is 22.0. The molecule has 1 atom stereocenters. The number of nitrogens with zero attached hydrogens (tertiary/aromatic N) is 1. The highest BCUT2D eigenvalue weighted by molar-refractivity contribution is 7.92. The number of hydrogen-bond acceptors (Lipinski definition) is 7. The number of aromatic nitrogens is 1. The highest BCUT2D eigenvalue weighted by Gasteiger charge is 2.38. The molecule has 0 bridgehead atoms. The molecular formula is C26H32N2O5S2. The van der Waals surface area contributed by atoms with Crippen molar-refractivity contribution in [3.63, 3.8) is 0 Å². The maximum atomic E-state index is 13.5. The van der Waals surface area contributed by atoms with E-state index in [0.717, 1.165) is 49.8 Å². The number of benzene rings is 1. The lowest BCUT2D eigenvalue weighted by Crippen LogP contribution is -2.19. The van der Waals surface area contributed by atoms with Crippen LogP contribution in [0.25, 0.3) is 5.57 Å². The summed E-state index contributed by atoms with van der Waals surface area (Å²) in [6.45, 7) is 5.96. The van der Waals surface area contributed by atoms with E-state index in [1.165, 1.54) is 11.3 Å². The SMILES string of the molecule is Cc1cc(C(=CC2CCCC2)C(=O)Nc2nc(C3COC(C)(C)O3)cs2)ccc1S(=O)(=O)C1CC1. The van der Waals surface area contributed by atoms with Crippen LogP contribution in [0.2, 0.25) is 0 Å². The van der Waals surface area contributed by atoms with Crippen molar-refractivity contribution in [2.45, 2.75) is 81.3 Å². The lowest BCUT2D eigenvalue weighted by molar-refractivity contribution is -0.139. The first kappa shape index (κ1) is 24.6. The zero-order chi connectivity index (χ0) is 24.8. The van der Waals surface area contributed by atoms with Gasteiger partial charge in [0.15, 0.2) is 20.8 Å². The van der Waals surface area contributed by atoms with Crippen molar-refractivity contribution >= 4 is 37.8 Å². The van der Waals surface area contributed by atoms with Crippen molar-refractivity contribution in [1.29, 1.82) is 0 Å². The van der Waals surface area contributed by atoms with Crippen LogP contribution >= 0.6 is 11.3 Å². The Bertz CT molecular complexity index is 1250. The monoisotopic (exact) mass is 516 g/mol. The second kappa shape index (κ2) is 9.42. The Labute approximate surface area is 210 Å². The van der Waals surface area contributed by atoms with Gasteiger partial charge in [-0.2, -0.15) is 0 Å². The van der Waals surface area contributed by atoms with Gasteiger partial charge in [-0.15, -0.1) is 11.3 Å². The summed E-state index contributed by atoms with van der Waals surface area (Å²) in [5.41, 5.74) is 2.71. The number of amides is 1. The van der Waals surface area contributed by atoms with Crippen LogP contribution in [0.5, 0.6) is 0 Å². The number of aryl methyl sites for hydroxylation is 1. The van der Waals surface area contributed by atoms with Gasteiger partial charge in [0, 0.05) is 11.0 Å². The fraction of sp³-hybridized carbons (Fsp3) is 0.538. The highest BCUT2D eigenvalue weighted by Crippen LogP contribution is 2.37. The van der Waals surface area contributed by atoms with Gasteiger partial charge in [0.25, 0.3) is 5.91 Å². The van der Waals surface area contributed by atoms with E-state index in [4.69, 9.17) is 9.47 Å². The number of carbonyl (C=O) groups is 1. The summed E-state index contributed by atoms with van der Waals surface area (Å²) in [7, 11) is -3.29. The van der Waals surface area contributed by atoms with Crippen molar-refractivity contribution in [3.8, 4) is 0 Å². The Morgan fingerprint density at radius 1 is 1.20 bits per heavy atom. The number of ether oxygens (including phenoxy) is 2. The van der Waals surface area contributed by atoms with Crippen molar-refractivity contribution in [2.75, 3.05) is 11.9 Å². The molecule has 1 saturated heterocycles. The van der Waals surface area contributed by atoms with E-state index in [1.807, 2.05) is 32.2 Å². The zero-order valence-electron chi connectivity index (χ0n) is 20.4. The van der Waals surface area contributed by atoms with Crippen molar-refractivity contribution in [2.24, 2.45) is 5.92 Å². The first-order valence-electron chi connectivity index (χ1n) is 12.3. The van der Waals surface area contributed by atoms with Crippen LogP contribution in [0.15, 0.2) is 34.6 Å². The third-order valence-electron chi connectivity index (χ3n) is 6.88. The summed E-state index contributed by atoms with van der Waals surface area (Å²) in [5.74, 6) is -0.547. The van der Waals surface area contributed by atoms with Crippen LogP contribution in [0.4, 0.5) is 5.13 Å². The van der Waals surface area contributed by atoms with Crippen LogP contribution < -0.4 is 5.32 Å². The maximum absolute atomic E-state index is 13.5. The quantitative estimate of drug-likeness (QED) is 0.494. The molecule has 3 fully saturated rings. The number of hydrogen-bond donors (Lipinski definition) is 1. The highest BCUT2D eigenvalue weighted by atomic mass is 32.2. The standard InChI is InChI=1S/C26H32N2O5S2/c1-16-12-18(8-11-23(16)35(30,31)19-9-10-19)20(13-17-6-4-5-7-17)24(29)28-25-27-21(15-34-25)22-14-32-26(2,3)33-22/h8,11-13,15,17,19,22H,4-7,9-10,14H2,1-3H3,(H,27,28,29). The van der Waals surface area contributed by atoms with Crippen molar-refractivity contribution < 1.29 is 22.7 Å². The molecule has 0 radical (unpaired) electrons. The van der Waals surface area contributed by atoms with E-state index in [1.54, 1.807) is 12.1 Å². The van der Waals surface area contributed by atoms with Gasteiger partial charge in [0.2, 0.25) is 0 Å². The van der Waals surface area contributed by atoms with Gasteiger partial charge in [-0.25, -0.2) is 13.4 Å². The molecule has 0 spiro atoms. The molecule has 9 heteroatoms. The third kappa shape index (κ3) is 5.38. The molecule has 188 valence electrons. The van der Waals surface area contributed by atoms with Gasteiger partial charge in [-0.1, -0.05) is 25.0 Å². The van der Waals surface area contributed by atoms with Crippen LogP contribution in [0.3, 0.4) is 0 Å². The Morgan fingerprint density at radius 2 is 1.94 bits per heavy atom. The lowest BCUT2D eigenvalue weighted by atomic mass is 9.97. The fourth-order valence-corrected chi connectivity index (χ4v) is 7.47. The van der Waals surface area contributed by atoms with Crippen LogP contribution in [-0.4, -0.2) is 37.0 Å². The molecule has 35 heavy (non-hydrogen) atoms. The average Bonchev–Trinajstić information content (AvgIpc) is 3.18. The van der Waals surface area contributed by atoms with E-state index >= 15 is 0 Å². The van der Waals surface area contributed by atoms with Gasteiger partial charge < -0.3 is 9.47 Å². The predicted molar refractivity (Wildman–Crippen MR) is 136 cm³/mol. The summed E-state index contributed by atoms with van der Waals surface area (Å²) in [6, 6.07) is 5.26. The lowest BCUT2D eigenvalue weighted by Gasteiger charge is -2.16. The van der Waals surface area contributed by atoms with Gasteiger partial charge in [0.05, 0.1) is 22.4 Å². The Kier molecular flexibility index (Phi) is 6.63. The fourth-order valence-electron chi connectivity index (χ4n) is 4.85. The number of allylic oxidation sites excluding steroid dienone is 1. The molecule has 1 aliphatic heterocycles. The second-order valence-corrected chi connectivity index (χ2v) is 13.3. The molecule has 2 aromatic rings. The molecule has 1 aromatic heterocycles. The number of anilines is 1. The number of carbonyl (C=O) groups excluding carboxylic acids is 1. The second-order valence-electron chi connectivity index (χ2n) is 10.2. The predicted octanol–water partition coefficient (Wildman–Crippen LogP) is 5.42. The minimum absolute atomic E-state index is 0.237. The number of rotatable bonds is 7. The first-order valence-corrected chi connectivity index (χ1v) is 14.7. The summed E-state index contributed by atoms with van der Waals surface area (Å²) in [6.07, 6.45) is 7.67. The van der Waals surface area contributed by atoms with Crippen LogP contribution in [0.1, 0.15) is 75.3 Å². The number of nitrogens with one attached hydrogen (secondary N) is 1. The van der Waals surface area contributed by atoms with E-state index in [2.05, 4.69) is 16.4 Å². The van der Waals surface area contributed by atoms with E-state index in [9.17, 15) is 13.2 Å². The number of sulfone groups is 1. The summed E-state index contributed by atoms with van der Waals surface area (Å²) in [5, 5.41) is 5.08. The molecule has 1 N–H and O–H groups in total. The van der Waals surface area contributed by atoms with E-state index in [0.29, 0.717) is 33.7 Å². The van der Waals surface area contributed by atoms with Crippen LogP contribution in [0, 0.1) is 12.8 Å². The largest absolute Gasteiger partial charge is 0.347 e. The van der Waals surface area contributed by atoms with E-state index < -0.39 is 15.6 Å². The van der Waals surface area contributed by atoms with Gasteiger partial charge in [-0.3, -0.25) is 10.1 Å². The summed E-state index contributed by atoms with van der Waals surface area (Å²) in [4.78, 5) is 18.4. The van der Waals surface area contributed by atoms with Crippen LogP contribution in [-0.2, 0) is 24.1 Å². The summed E-state index contributed by atoms with van der Waals surface area (Å²) >= 11 is 1.35. The maximum Gasteiger partial charge on any atom is 0.257 e. The molecule has 2 saturated carbocycles. The van der Waals surface area contributed by atoms with Gasteiger partial charge in [0.1, 0.15) is 6.10 Å². The molecule has 1 unspecified atom stereocenters. The van der Waals surface area contributed by atoms with Crippen molar-refractivity contribution in [1.82, 2.24) is 4.98 Å². The van der Waals surface area contributed by atoms with Gasteiger partial charge >= 0.3 is 0 Å². The molecular weight excluding hydrogens is 484 g/mol. The first-order chi connectivity index (χ1) is 16.6. The third-order valence-corrected chi connectivity index (χ3v) is 10.1. The Hall–Kier alpha value is -2.07. The molecule has 1 amide bonds. The molecule has 7 nitrogen and oxygen atoms in total. The molecule has 1 aromatic carbocycles. The Balaban J connectivity index is 1.39. The molecule has 2 aliphatic carbocycles. The minimum atomic E-state index is -3.29. The topological polar surface area (TPSA) is 94.6 Å². The Morgan fingerprint density at radius 3 is 2.57 bits per heavy atom. The smallest absolute Gasteiger partial charge is 0.257 e. The van der Waals surface area contributed by atoms with Gasteiger partial charge in [-0.05, 0) is 75.6 Å². The van der Waals surface area contributed by atoms with E-state index in [-0.39, 0.29) is 17.3 Å². The normalized spacial score (nSPS) is 23.1.